The average molecular weight is 418 g/mol. The number of methoxy groups -OCH3 is 1. The molecule has 5 nitrogen and oxygen atoms in total. The fraction of sp³-hybridized carbons (Fsp3) is 0.211. The van der Waals surface area contributed by atoms with Gasteiger partial charge in [0.25, 0.3) is 5.56 Å². The van der Waals surface area contributed by atoms with Gasteiger partial charge in [-0.25, -0.2) is 9.97 Å². The Kier molecular flexibility index (Phi) is 5.45. The maximum atomic E-state index is 12.9. The zero-order chi connectivity index (χ0) is 18.8. The maximum Gasteiger partial charge on any atom is 0.262 e. The second-order valence-corrected chi connectivity index (χ2v) is 8.36. The third-order valence-corrected chi connectivity index (χ3v) is 6.51. The van der Waals surface area contributed by atoms with Crippen LogP contribution in [0.4, 0.5) is 0 Å². The molecule has 0 aliphatic rings. The fourth-order valence-electron chi connectivity index (χ4n) is 2.77. The normalized spacial score (nSPS) is 11.5. The van der Waals surface area contributed by atoms with Gasteiger partial charge in [-0.05, 0) is 30.3 Å². The number of para-hydroxylation sites is 1. The van der Waals surface area contributed by atoms with Crippen LogP contribution in [0.15, 0.2) is 52.4 Å². The Morgan fingerprint density at radius 3 is 2.85 bits per heavy atom. The highest BCUT2D eigenvalue weighted by molar-refractivity contribution is 7.98. The minimum absolute atomic E-state index is 0.0829. The van der Waals surface area contributed by atoms with Crippen molar-refractivity contribution in [2.45, 2.75) is 17.5 Å². The minimum atomic E-state index is -0.0829. The summed E-state index contributed by atoms with van der Waals surface area (Å²) in [5.41, 5.74) is 1.52. The summed E-state index contributed by atoms with van der Waals surface area (Å²) in [6.45, 7) is 0.887. The molecule has 2 aromatic heterocycles. The second-order valence-electron chi connectivity index (χ2n) is 5.87. The molecule has 2 aromatic carbocycles. The van der Waals surface area contributed by atoms with Crippen LogP contribution in [-0.2, 0) is 17.0 Å². The van der Waals surface area contributed by atoms with Crippen molar-refractivity contribution in [3.63, 3.8) is 0 Å². The standard InChI is InChI=1S/C19H16ClN3O2S2/c1-25-9-8-23-18(24)13-7-6-12(20)10-15(13)22-19(23)26-11-17-21-14-4-2-3-5-16(14)27-17/h2-7,10H,8-9,11H2,1H3. The molecule has 0 saturated heterocycles. The number of hydrogen-bond donors (Lipinski definition) is 0. The molecular weight excluding hydrogens is 402 g/mol. The molecule has 0 atom stereocenters. The summed E-state index contributed by atoms with van der Waals surface area (Å²) in [5, 5.41) is 2.76. The van der Waals surface area contributed by atoms with E-state index in [0.717, 1.165) is 15.2 Å². The van der Waals surface area contributed by atoms with Gasteiger partial charge < -0.3 is 4.74 Å². The first-order chi connectivity index (χ1) is 13.2. The molecule has 0 fully saturated rings. The molecule has 2 heterocycles. The van der Waals surface area contributed by atoms with Crippen LogP contribution in [0.1, 0.15) is 5.01 Å². The van der Waals surface area contributed by atoms with E-state index in [1.165, 1.54) is 11.8 Å². The molecule has 0 N–H and O–H groups in total. The molecule has 138 valence electrons. The van der Waals surface area contributed by atoms with Crippen molar-refractivity contribution < 1.29 is 4.74 Å². The van der Waals surface area contributed by atoms with Crippen molar-refractivity contribution in [1.82, 2.24) is 14.5 Å². The van der Waals surface area contributed by atoms with Gasteiger partial charge in [-0.15, -0.1) is 11.3 Å². The molecule has 0 aliphatic heterocycles. The van der Waals surface area contributed by atoms with E-state index < -0.39 is 0 Å². The number of aromatic nitrogens is 3. The third kappa shape index (κ3) is 3.87. The molecule has 27 heavy (non-hydrogen) atoms. The lowest BCUT2D eigenvalue weighted by atomic mass is 10.2. The Hall–Kier alpha value is -1.93. The molecule has 0 amide bonds. The van der Waals surface area contributed by atoms with Crippen LogP contribution < -0.4 is 5.56 Å². The highest BCUT2D eigenvalue weighted by Crippen LogP contribution is 2.28. The molecule has 8 heteroatoms. The third-order valence-electron chi connectivity index (χ3n) is 4.06. The molecule has 0 aliphatic carbocycles. The quantitative estimate of drug-likeness (QED) is 0.339. The predicted molar refractivity (Wildman–Crippen MR) is 112 cm³/mol. The van der Waals surface area contributed by atoms with E-state index in [2.05, 4.69) is 16.0 Å². The van der Waals surface area contributed by atoms with Crippen LogP contribution in [-0.4, -0.2) is 28.3 Å². The van der Waals surface area contributed by atoms with Gasteiger partial charge in [-0.3, -0.25) is 9.36 Å². The van der Waals surface area contributed by atoms with Crippen molar-refractivity contribution in [3.8, 4) is 0 Å². The summed E-state index contributed by atoms with van der Waals surface area (Å²) < 4.78 is 7.98. The number of thiazole rings is 1. The molecule has 0 radical (unpaired) electrons. The minimum Gasteiger partial charge on any atom is -0.383 e. The number of hydrogen-bond acceptors (Lipinski definition) is 6. The maximum absolute atomic E-state index is 12.9. The summed E-state index contributed by atoms with van der Waals surface area (Å²) in [5.74, 6) is 0.644. The molecule has 0 saturated carbocycles. The summed E-state index contributed by atoms with van der Waals surface area (Å²) in [6.07, 6.45) is 0. The molecule has 0 bridgehead atoms. The van der Waals surface area contributed by atoms with Gasteiger partial charge in [0.15, 0.2) is 5.16 Å². The first kappa shape index (κ1) is 18.4. The Balaban J connectivity index is 1.70. The van der Waals surface area contributed by atoms with E-state index in [4.69, 9.17) is 16.3 Å². The summed E-state index contributed by atoms with van der Waals surface area (Å²) >= 11 is 9.24. The van der Waals surface area contributed by atoms with Crippen molar-refractivity contribution >= 4 is 55.8 Å². The van der Waals surface area contributed by atoms with E-state index in [1.54, 1.807) is 41.2 Å². The molecular formula is C19H16ClN3O2S2. The molecule has 0 unspecified atom stereocenters. The van der Waals surface area contributed by atoms with Gasteiger partial charge in [0, 0.05) is 12.1 Å². The first-order valence-electron chi connectivity index (χ1n) is 8.32. The van der Waals surface area contributed by atoms with E-state index in [-0.39, 0.29) is 5.56 Å². The van der Waals surface area contributed by atoms with Gasteiger partial charge in [-0.2, -0.15) is 0 Å². The van der Waals surface area contributed by atoms with Crippen LogP contribution in [0.2, 0.25) is 5.02 Å². The number of ether oxygens (including phenoxy) is 1. The summed E-state index contributed by atoms with van der Waals surface area (Å²) in [7, 11) is 1.62. The molecule has 4 rings (SSSR count). The largest absolute Gasteiger partial charge is 0.383 e. The Morgan fingerprint density at radius 1 is 1.19 bits per heavy atom. The second kappa shape index (κ2) is 7.98. The highest BCUT2D eigenvalue weighted by atomic mass is 35.5. The first-order valence-corrected chi connectivity index (χ1v) is 10.5. The van der Waals surface area contributed by atoms with Crippen LogP contribution in [0, 0.1) is 0 Å². The van der Waals surface area contributed by atoms with Gasteiger partial charge in [0.2, 0.25) is 0 Å². The summed E-state index contributed by atoms with van der Waals surface area (Å²) in [6, 6.07) is 13.2. The lowest BCUT2D eigenvalue weighted by Gasteiger charge is -2.12. The van der Waals surface area contributed by atoms with Crippen LogP contribution in [0.25, 0.3) is 21.1 Å². The van der Waals surface area contributed by atoms with Crippen LogP contribution in [0.3, 0.4) is 0 Å². The molecule has 0 spiro atoms. The summed E-state index contributed by atoms with van der Waals surface area (Å²) in [4.78, 5) is 22.3. The van der Waals surface area contributed by atoms with E-state index in [0.29, 0.717) is 40.0 Å². The lowest BCUT2D eigenvalue weighted by molar-refractivity contribution is 0.183. The van der Waals surface area contributed by atoms with Crippen molar-refractivity contribution in [1.29, 1.82) is 0 Å². The Bertz CT molecular complexity index is 1140. The van der Waals surface area contributed by atoms with E-state index >= 15 is 0 Å². The van der Waals surface area contributed by atoms with Gasteiger partial charge in [-0.1, -0.05) is 35.5 Å². The smallest absolute Gasteiger partial charge is 0.262 e. The topological polar surface area (TPSA) is 57.0 Å². The molecule has 4 aromatic rings. The number of rotatable bonds is 6. The van der Waals surface area contributed by atoms with Crippen molar-refractivity contribution in [2.24, 2.45) is 0 Å². The predicted octanol–water partition coefficient (Wildman–Crippen LogP) is 4.60. The Labute approximate surface area is 169 Å². The SMILES string of the molecule is COCCn1c(SCc2nc3ccccc3s2)nc2cc(Cl)ccc2c1=O. The van der Waals surface area contributed by atoms with Gasteiger partial charge in [0.05, 0.1) is 40.0 Å². The van der Waals surface area contributed by atoms with Crippen molar-refractivity contribution in [3.05, 3.63) is 62.8 Å². The lowest BCUT2D eigenvalue weighted by Crippen LogP contribution is -2.25. The number of nitrogens with zero attached hydrogens (tertiary/aromatic N) is 3. The van der Waals surface area contributed by atoms with Crippen LogP contribution in [0.5, 0.6) is 0 Å². The van der Waals surface area contributed by atoms with Gasteiger partial charge in [0.1, 0.15) is 5.01 Å². The zero-order valence-corrected chi connectivity index (χ0v) is 16.9. The van der Waals surface area contributed by atoms with E-state index in [9.17, 15) is 4.79 Å². The number of halogens is 1. The Morgan fingerprint density at radius 2 is 2.04 bits per heavy atom. The monoisotopic (exact) mass is 417 g/mol. The fourth-order valence-corrected chi connectivity index (χ4v) is 4.92. The van der Waals surface area contributed by atoms with E-state index in [1.807, 2.05) is 18.2 Å². The number of thioether (sulfide) groups is 1. The average Bonchev–Trinajstić information content (AvgIpc) is 3.08. The van der Waals surface area contributed by atoms with Crippen LogP contribution >= 0.6 is 34.7 Å². The number of benzene rings is 2. The number of fused-ring (bicyclic) bond motifs is 2. The zero-order valence-electron chi connectivity index (χ0n) is 14.5. The highest BCUT2D eigenvalue weighted by Gasteiger charge is 2.13. The van der Waals surface area contributed by atoms with Gasteiger partial charge >= 0.3 is 0 Å². The van der Waals surface area contributed by atoms with Crippen molar-refractivity contribution in [2.75, 3.05) is 13.7 Å².